The fourth-order valence-corrected chi connectivity index (χ4v) is 5.47. The van der Waals surface area contributed by atoms with E-state index in [1.165, 1.54) is 14.2 Å². The van der Waals surface area contributed by atoms with Crippen LogP contribution >= 0.6 is 0 Å². The van der Waals surface area contributed by atoms with Crippen LogP contribution in [0.3, 0.4) is 0 Å². The van der Waals surface area contributed by atoms with Crippen molar-refractivity contribution in [3.05, 3.63) is 102 Å². The Labute approximate surface area is 209 Å². The number of ether oxygens (including phenoxy) is 3. The molecule has 1 fully saturated rings. The van der Waals surface area contributed by atoms with Gasteiger partial charge in [0, 0.05) is 17.2 Å². The smallest absolute Gasteiger partial charge is 0.315 e. The number of carbonyl (C=O) groups is 2. The van der Waals surface area contributed by atoms with Crippen LogP contribution in [0.5, 0.6) is 17.2 Å². The third kappa shape index (κ3) is 3.94. The molecule has 6 heteroatoms. The van der Waals surface area contributed by atoms with Gasteiger partial charge in [0.1, 0.15) is 17.2 Å². The Balaban J connectivity index is 1.62. The number of hydrogen-bond acceptors (Lipinski definition) is 5. The van der Waals surface area contributed by atoms with Gasteiger partial charge in [-0.1, -0.05) is 72.8 Å². The summed E-state index contributed by atoms with van der Waals surface area (Å²) in [7, 11) is 3.07. The topological polar surface area (TPSA) is 82.1 Å². The normalized spacial score (nSPS) is 20.8. The molecule has 1 aliphatic rings. The Kier molecular flexibility index (Phi) is 6.34. The molecule has 0 heterocycles. The maximum Gasteiger partial charge on any atom is 0.315 e. The molecule has 1 saturated carbocycles. The first-order valence-corrected chi connectivity index (χ1v) is 11.7. The van der Waals surface area contributed by atoms with Crippen LogP contribution in [0.1, 0.15) is 23.0 Å². The monoisotopic (exact) mass is 482 g/mol. The molecule has 1 N–H and O–H groups in total. The number of benzene rings is 4. The van der Waals surface area contributed by atoms with Gasteiger partial charge in [0.15, 0.2) is 0 Å². The zero-order valence-corrected chi connectivity index (χ0v) is 20.0. The van der Waals surface area contributed by atoms with Gasteiger partial charge in [-0.15, -0.1) is 0 Å². The highest BCUT2D eigenvalue weighted by Gasteiger charge is 2.60. The highest BCUT2D eigenvalue weighted by Crippen LogP contribution is 2.60. The maximum atomic E-state index is 13.9. The number of fused-ring (bicyclic) bond motifs is 1. The van der Waals surface area contributed by atoms with E-state index < -0.39 is 35.6 Å². The molecule has 0 unspecified atom stereocenters. The third-order valence-electron chi connectivity index (χ3n) is 7.06. The zero-order chi connectivity index (χ0) is 25.2. The van der Waals surface area contributed by atoms with Crippen molar-refractivity contribution < 1.29 is 28.9 Å². The molecule has 0 spiro atoms. The summed E-state index contributed by atoms with van der Waals surface area (Å²) < 4.78 is 17.1. The second-order valence-corrected chi connectivity index (χ2v) is 8.82. The number of methoxy groups -OCH3 is 2. The second-order valence-electron chi connectivity index (χ2n) is 8.82. The van der Waals surface area contributed by atoms with Crippen molar-refractivity contribution >= 4 is 22.7 Å². The molecule has 4 aromatic rings. The minimum absolute atomic E-state index is 0.439. The van der Waals surface area contributed by atoms with Gasteiger partial charge in [0.25, 0.3) is 0 Å². The summed E-state index contributed by atoms with van der Waals surface area (Å²) in [4.78, 5) is 26.5. The molecular formula is C30H26O6. The van der Waals surface area contributed by atoms with Crippen LogP contribution in [0.2, 0.25) is 0 Å². The largest absolute Gasteiger partial charge is 0.496 e. The summed E-state index contributed by atoms with van der Waals surface area (Å²) in [6, 6.07) is 27.7. The van der Waals surface area contributed by atoms with Gasteiger partial charge in [-0.25, -0.2) is 0 Å². The Morgan fingerprint density at radius 1 is 0.639 bits per heavy atom. The summed E-state index contributed by atoms with van der Waals surface area (Å²) in [5, 5.41) is 12.1. The minimum Gasteiger partial charge on any atom is -0.496 e. The Hall–Kier alpha value is -4.32. The standard InChI is InChI=1S/C30H26O6/c1-34-22-15-7-5-13-20(22)25-27(29(31)32)26(21-14-6-8-16-23(21)35-2)28(25)30(33)36-24-17-9-11-18-10-3-4-12-19(18)24/h3-17,25-28H,1-2H3,(H,31,32)/t25-,26-,27?,28?/m0/s1. The molecule has 36 heavy (non-hydrogen) atoms. The molecule has 182 valence electrons. The summed E-state index contributed by atoms with van der Waals surface area (Å²) in [5.74, 6) is -2.89. The molecule has 0 amide bonds. The van der Waals surface area contributed by atoms with E-state index in [0.717, 1.165) is 10.8 Å². The van der Waals surface area contributed by atoms with Gasteiger partial charge in [-0.05, 0) is 34.7 Å². The predicted octanol–water partition coefficient (Wildman–Crippen LogP) is 5.66. The number of aliphatic carboxylic acids is 1. The highest BCUT2D eigenvalue weighted by atomic mass is 16.5. The van der Waals surface area contributed by atoms with Crippen LogP contribution in [0.4, 0.5) is 0 Å². The van der Waals surface area contributed by atoms with Gasteiger partial charge in [0.2, 0.25) is 0 Å². The maximum absolute atomic E-state index is 13.9. The molecular weight excluding hydrogens is 456 g/mol. The van der Waals surface area contributed by atoms with Crippen LogP contribution in [-0.2, 0) is 9.59 Å². The molecule has 0 radical (unpaired) electrons. The number of carboxylic acid groups (broad SMARTS) is 1. The van der Waals surface area contributed by atoms with E-state index in [4.69, 9.17) is 14.2 Å². The van der Waals surface area contributed by atoms with Gasteiger partial charge in [0.05, 0.1) is 26.1 Å². The van der Waals surface area contributed by atoms with Gasteiger partial charge >= 0.3 is 11.9 Å². The number of carboxylic acids is 1. The average Bonchev–Trinajstić information content (AvgIpc) is 2.88. The fourth-order valence-electron chi connectivity index (χ4n) is 5.47. The fraction of sp³-hybridized carbons (Fsp3) is 0.200. The van der Waals surface area contributed by atoms with Crippen LogP contribution < -0.4 is 14.2 Å². The summed E-state index contributed by atoms with van der Waals surface area (Å²) >= 11 is 0. The predicted molar refractivity (Wildman–Crippen MR) is 136 cm³/mol. The van der Waals surface area contributed by atoms with Gasteiger partial charge in [-0.2, -0.15) is 0 Å². The number of hydrogen-bond donors (Lipinski definition) is 1. The van der Waals surface area contributed by atoms with Crippen molar-refractivity contribution in [1.29, 1.82) is 0 Å². The minimum atomic E-state index is -0.990. The highest BCUT2D eigenvalue weighted by molar-refractivity contribution is 5.92. The quantitative estimate of drug-likeness (QED) is 0.270. The molecule has 0 aromatic heterocycles. The van der Waals surface area contributed by atoms with E-state index in [9.17, 15) is 14.7 Å². The molecule has 5 rings (SSSR count). The van der Waals surface area contributed by atoms with Crippen molar-refractivity contribution in [1.82, 2.24) is 0 Å². The van der Waals surface area contributed by atoms with Crippen LogP contribution in [0.15, 0.2) is 91.0 Å². The Morgan fingerprint density at radius 2 is 1.14 bits per heavy atom. The van der Waals surface area contributed by atoms with E-state index in [1.807, 2.05) is 72.8 Å². The molecule has 6 nitrogen and oxygen atoms in total. The molecule has 0 aliphatic heterocycles. The van der Waals surface area contributed by atoms with Crippen molar-refractivity contribution in [2.24, 2.45) is 11.8 Å². The Bertz CT molecular complexity index is 1370. The molecule has 0 bridgehead atoms. The first-order chi connectivity index (χ1) is 17.5. The molecule has 0 saturated heterocycles. The van der Waals surface area contributed by atoms with E-state index in [2.05, 4.69) is 0 Å². The first-order valence-electron chi connectivity index (χ1n) is 11.7. The van der Waals surface area contributed by atoms with Crippen molar-refractivity contribution in [2.45, 2.75) is 11.8 Å². The van der Waals surface area contributed by atoms with Gasteiger partial charge < -0.3 is 19.3 Å². The third-order valence-corrected chi connectivity index (χ3v) is 7.06. The van der Waals surface area contributed by atoms with E-state index in [0.29, 0.717) is 28.4 Å². The Morgan fingerprint density at radius 3 is 1.72 bits per heavy atom. The second kappa shape index (κ2) is 9.74. The van der Waals surface area contributed by atoms with Crippen molar-refractivity contribution in [3.8, 4) is 17.2 Å². The van der Waals surface area contributed by atoms with Crippen LogP contribution in [-0.4, -0.2) is 31.3 Å². The van der Waals surface area contributed by atoms with Gasteiger partial charge in [-0.3, -0.25) is 9.59 Å². The summed E-state index contributed by atoms with van der Waals surface area (Å²) in [5.41, 5.74) is 1.33. The molecule has 1 aliphatic carbocycles. The van der Waals surface area contributed by atoms with E-state index >= 15 is 0 Å². The lowest BCUT2D eigenvalue weighted by atomic mass is 9.52. The van der Waals surface area contributed by atoms with E-state index in [1.54, 1.807) is 18.2 Å². The average molecular weight is 483 g/mol. The molecule has 4 aromatic carbocycles. The number of carbonyl (C=O) groups excluding carboxylic acids is 1. The SMILES string of the molecule is COc1ccccc1[C@H]1C(C(=O)O)[C@H](c2ccccc2OC)C1C(=O)Oc1cccc2ccccc12. The van der Waals surface area contributed by atoms with Crippen molar-refractivity contribution in [2.75, 3.05) is 14.2 Å². The molecule has 2 atom stereocenters. The van der Waals surface area contributed by atoms with Crippen molar-refractivity contribution in [3.63, 3.8) is 0 Å². The lowest BCUT2D eigenvalue weighted by molar-refractivity contribution is -0.158. The summed E-state index contributed by atoms with van der Waals surface area (Å²) in [6.45, 7) is 0. The summed E-state index contributed by atoms with van der Waals surface area (Å²) in [6.07, 6.45) is 0. The number of para-hydroxylation sites is 2. The zero-order valence-electron chi connectivity index (χ0n) is 20.0. The first kappa shape index (κ1) is 23.4. The lowest BCUT2D eigenvalue weighted by Crippen LogP contribution is -2.52. The van der Waals surface area contributed by atoms with Crippen LogP contribution in [0, 0.1) is 11.8 Å². The number of esters is 1. The van der Waals surface area contributed by atoms with Crippen LogP contribution in [0.25, 0.3) is 10.8 Å². The van der Waals surface area contributed by atoms with E-state index in [-0.39, 0.29) is 0 Å². The lowest BCUT2D eigenvalue weighted by Gasteiger charge is -2.49. The number of rotatable bonds is 7.